The van der Waals surface area contributed by atoms with Crippen LogP contribution < -0.4 is 5.69 Å². The molecular formula is C28H26FN5O2. The molecule has 7 nitrogen and oxygen atoms in total. The van der Waals surface area contributed by atoms with Crippen molar-refractivity contribution in [2.75, 3.05) is 13.2 Å². The van der Waals surface area contributed by atoms with Crippen LogP contribution in [0.4, 0.5) is 4.39 Å². The van der Waals surface area contributed by atoms with E-state index in [0.29, 0.717) is 24.2 Å². The molecule has 1 aliphatic rings. The number of aromatic nitrogens is 4. The second-order valence-corrected chi connectivity index (χ2v) is 9.32. The molecule has 1 atom stereocenters. The third-order valence-electron chi connectivity index (χ3n) is 7.19. The fraction of sp³-hybridized carbons (Fsp3) is 0.250. The Morgan fingerprint density at radius 1 is 1.06 bits per heavy atom. The summed E-state index contributed by atoms with van der Waals surface area (Å²) in [5.41, 5.74) is 5.83. The molecule has 1 saturated heterocycles. The summed E-state index contributed by atoms with van der Waals surface area (Å²) in [7, 11) is 0. The number of imidazole rings is 1. The van der Waals surface area contributed by atoms with Crippen molar-refractivity contribution in [3.8, 4) is 16.8 Å². The molecule has 182 valence electrons. The SMILES string of the molecule is Cc1cccc2c1n(-c1ccc(-c3cnn4ccccc34)cc1)c(=O)n2CC(=O)N1CCC[C@H]1CF. The zero-order valence-electron chi connectivity index (χ0n) is 20.0. The first-order valence-electron chi connectivity index (χ1n) is 12.2. The van der Waals surface area contributed by atoms with Crippen LogP contribution >= 0.6 is 0 Å². The van der Waals surface area contributed by atoms with Crippen LogP contribution in [0.3, 0.4) is 0 Å². The van der Waals surface area contributed by atoms with Gasteiger partial charge in [-0.1, -0.05) is 30.3 Å². The van der Waals surface area contributed by atoms with Crippen molar-refractivity contribution in [2.24, 2.45) is 0 Å². The van der Waals surface area contributed by atoms with Gasteiger partial charge in [0.2, 0.25) is 5.91 Å². The smallest absolute Gasteiger partial charge is 0.334 e. The number of nitrogens with zero attached hydrogens (tertiary/aromatic N) is 5. The molecule has 1 fully saturated rings. The number of alkyl halides is 1. The van der Waals surface area contributed by atoms with Gasteiger partial charge in [0.25, 0.3) is 0 Å². The van der Waals surface area contributed by atoms with Gasteiger partial charge in [-0.2, -0.15) is 5.10 Å². The van der Waals surface area contributed by atoms with Crippen LogP contribution in [0.5, 0.6) is 0 Å². The van der Waals surface area contributed by atoms with E-state index in [0.717, 1.165) is 34.1 Å². The minimum atomic E-state index is -0.555. The standard InChI is InChI=1S/C28H26FN5O2/c1-19-6-4-9-25-27(19)34(28(36)32(25)18-26(35)31-14-5-7-22(31)16-29)21-12-10-20(11-13-21)23-17-30-33-15-3-2-8-24(23)33/h2-4,6,8-13,15,17,22H,5,7,14,16,18H2,1H3/t22-/m0/s1. The molecule has 0 unspecified atom stereocenters. The molecule has 2 aromatic carbocycles. The van der Waals surface area contributed by atoms with E-state index in [1.165, 1.54) is 4.57 Å². The number of fused-ring (bicyclic) bond motifs is 2. The molecule has 1 aliphatic heterocycles. The molecule has 0 bridgehead atoms. The fourth-order valence-corrected chi connectivity index (χ4v) is 5.36. The molecule has 0 N–H and O–H groups in total. The summed E-state index contributed by atoms with van der Waals surface area (Å²) in [5, 5.41) is 4.42. The van der Waals surface area contributed by atoms with Crippen molar-refractivity contribution in [3.63, 3.8) is 0 Å². The first-order chi connectivity index (χ1) is 17.6. The van der Waals surface area contributed by atoms with Crippen LogP contribution in [0, 0.1) is 6.92 Å². The Balaban J connectivity index is 1.41. The molecule has 1 amide bonds. The Morgan fingerprint density at radius 2 is 1.86 bits per heavy atom. The van der Waals surface area contributed by atoms with Gasteiger partial charge in [-0.15, -0.1) is 0 Å². The first kappa shape index (κ1) is 22.3. The van der Waals surface area contributed by atoms with Gasteiger partial charge in [-0.05, 0) is 61.2 Å². The number of para-hydroxylation sites is 1. The van der Waals surface area contributed by atoms with E-state index in [4.69, 9.17) is 0 Å². The van der Waals surface area contributed by atoms with Crippen molar-refractivity contribution in [2.45, 2.75) is 32.4 Å². The van der Waals surface area contributed by atoms with Crippen molar-refractivity contribution in [1.82, 2.24) is 23.6 Å². The Kier molecular flexibility index (Phi) is 5.44. The largest absolute Gasteiger partial charge is 0.336 e. The number of hydrogen-bond donors (Lipinski definition) is 0. The van der Waals surface area contributed by atoms with Gasteiger partial charge in [-0.3, -0.25) is 13.9 Å². The van der Waals surface area contributed by atoms with Crippen molar-refractivity contribution in [3.05, 3.63) is 89.1 Å². The summed E-state index contributed by atoms with van der Waals surface area (Å²) in [6.45, 7) is 1.82. The lowest BCUT2D eigenvalue weighted by atomic mass is 10.1. The van der Waals surface area contributed by atoms with Gasteiger partial charge in [0.05, 0.1) is 34.5 Å². The highest BCUT2D eigenvalue weighted by molar-refractivity contribution is 5.85. The number of rotatable bonds is 5. The Bertz CT molecular complexity index is 1650. The third-order valence-corrected chi connectivity index (χ3v) is 7.19. The van der Waals surface area contributed by atoms with E-state index in [2.05, 4.69) is 5.10 Å². The van der Waals surface area contributed by atoms with Gasteiger partial charge in [0.15, 0.2) is 0 Å². The van der Waals surface area contributed by atoms with Gasteiger partial charge in [0, 0.05) is 18.3 Å². The second kappa shape index (κ2) is 8.78. The number of carbonyl (C=O) groups excluding carboxylic acids is 1. The third kappa shape index (κ3) is 3.52. The van der Waals surface area contributed by atoms with Gasteiger partial charge < -0.3 is 4.90 Å². The number of hydrogen-bond acceptors (Lipinski definition) is 3. The van der Waals surface area contributed by atoms with Gasteiger partial charge in [-0.25, -0.2) is 13.7 Å². The van der Waals surface area contributed by atoms with E-state index in [1.54, 1.807) is 9.47 Å². The molecule has 3 aromatic heterocycles. The average molecular weight is 484 g/mol. The van der Waals surface area contributed by atoms with Gasteiger partial charge in [0.1, 0.15) is 13.2 Å². The minimum absolute atomic E-state index is 0.108. The maximum Gasteiger partial charge on any atom is 0.334 e. The van der Waals surface area contributed by atoms with Crippen LogP contribution in [-0.4, -0.2) is 48.8 Å². The molecule has 36 heavy (non-hydrogen) atoms. The number of likely N-dealkylation sites (tertiary alicyclic amines) is 1. The molecule has 0 saturated carbocycles. The van der Waals surface area contributed by atoms with Crippen molar-refractivity contribution >= 4 is 22.5 Å². The number of aryl methyl sites for hydroxylation is 1. The molecule has 0 spiro atoms. The lowest BCUT2D eigenvalue weighted by Gasteiger charge is -2.22. The van der Waals surface area contributed by atoms with Crippen molar-refractivity contribution in [1.29, 1.82) is 0 Å². The summed E-state index contributed by atoms with van der Waals surface area (Å²) >= 11 is 0. The molecule has 8 heteroatoms. The van der Waals surface area contributed by atoms with E-state index in [9.17, 15) is 14.0 Å². The highest BCUT2D eigenvalue weighted by atomic mass is 19.1. The molecule has 5 aromatic rings. The number of pyridine rings is 1. The maximum absolute atomic E-state index is 13.7. The summed E-state index contributed by atoms with van der Waals surface area (Å²) < 4.78 is 18.4. The minimum Gasteiger partial charge on any atom is -0.336 e. The summed E-state index contributed by atoms with van der Waals surface area (Å²) in [6, 6.07) is 19.0. The maximum atomic E-state index is 13.7. The zero-order chi connectivity index (χ0) is 24.8. The van der Waals surface area contributed by atoms with Crippen LogP contribution in [0.1, 0.15) is 18.4 Å². The molecule has 0 aliphatic carbocycles. The fourth-order valence-electron chi connectivity index (χ4n) is 5.36. The number of carbonyl (C=O) groups is 1. The Morgan fingerprint density at radius 3 is 2.67 bits per heavy atom. The number of benzene rings is 2. The van der Waals surface area contributed by atoms with E-state index in [-0.39, 0.29) is 18.1 Å². The predicted octanol–water partition coefficient (Wildman–Crippen LogP) is 4.38. The topological polar surface area (TPSA) is 64.5 Å². The summed E-state index contributed by atoms with van der Waals surface area (Å²) in [6.07, 6.45) is 5.19. The highest BCUT2D eigenvalue weighted by Crippen LogP contribution is 2.27. The summed E-state index contributed by atoms with van der Waals surface area (Å²) in [5.74, 6) is -0.221. The normalized spacial score (nSPS) is 15.8. The lowest BCUT2D eigenvalue weighted by molar-refractivity contribution is -0.132. The van der Waals surface area contributed by atoms with Crippen LogP contribution in [0.15, 0.2) is 77.9 Å². The Labute approximate surface area is 207 Å². The predicted molar refractivity (Wildman–Crippen MR) is 137 cm³/mol. The van der Waals surface area contributed by atoms with E-state index >= 15 is 0 Å². The molecule has 6 rings (SSSR count). The van der Waals surface area contributed by atoms with Crippen LogP contribution in [0.25, 0.3) is 33.4 Å². The van der Waals surface area contributed by atoms with Crippen molar-refractivity contribution < 1.29 is 9.18 Å². The van der Waals surface area contributed by atoms with E-state index in [1.807, 2.05) is 84.5 Å². The highest BCUT2D eigenvalue weighted by Gasteiger charge is 2.29. The van der Waals surface area contributed by atoms with Crippen LogP contribution in [-0.2, 0) is 11.3 Å². The second-order valence-electron chi connectivity index (χ2n) is 9.32. The quantitative estimate of drug-likeness (QED) is 0.373. The number of halogens is 1. The Hall–Kier alpha value is -4.20. The first-order valence-corrected chi connectivity index (χ1v) is 12.2. The lowest BCUT2D eigenvalue weighted by Crippen LogP contribution is -2.40. The number of amides is 1. The summed E-state index contributed by atoms with van der Waals surface area (Å²) in [4.78, 5) is 28.4. The monoisotopic (exact) mass is 483 g/mol. The molecule has 4 heterocycles. The molecule has 0 radical (unpaired) electrons. The average Bonchev–Trinajstić information content (AvgIpc) is 3.61. The molecular weight excluding hydrogens is 457 g/mol. The van der Waals surface area contributed by atoms with E-state index < -0.39 is 12.7 Å². The van der Waals surface area contributed by atoms with Crippen LogP contribution in [0.2, 0.25) is 0 Å². The zero-order valence-corrected chi connectivity index (χ0v) is 20.0. The van der Waals surface area contributed by atoms with Gasteiger partial charge >= 0.3 is 5.69 Å².